The number of carbonyl (C=O) groups is 2. The maximum Gasteiger partial charge on any atom is 0.407 e. The predicted octanol–water partition coefficient (Wildman–Crippen LogP) is 3.65. The molecule has 9 heteroatoms. The number of likely N-dealkylation sites (tertiary alicyclic amines) is 1. The van der Waals surface area contributed by atoms with Crippen LogP contribution in [-0.4, -0.2) is 46.6 Å². The number of rotatable bonds is 5. The fourth-order valence-corrected chi connectivity index (χ4v) is 3.78. The number of benzene rings is 1. The maximum atomic E-state index is 13.2. The lowest BCUT2D eigenvalue weighted by Crippen LogP contribution is -2.51. The number of carbonyl (C=O) groups excluding carboxylic acids is 2. The number of hydrogen-bond donors (Lipinski definition) is 2. The minimum atomic E-state index is -0.679. The average Bonchev–Trinajstić information content (AvgIpc) is 3.40. The van der Waals surface area contributed by atoms with Crippen molar-refractivity contribution in [3.8, 4) is 17.3 Å². The Morgan fingerprint density at radius 1 is 1.43 bits per heavy atom. The smallest absolute Gasteiger partial charge is 0.407 e. The molecule has 2 heterocycles. The Morgan fingerprint density at radius 2 is 2.20 bits per heavy atom. The van der Waals surface area contributed by atoms with Gasteiger partial charge in [0.1, 0.15) is 17.9 Å². The van der Waals surface area contributed by atoms with Crippen LogP contribution in [0.4, 0.5) is 4.79 Å². The highest BCUT2D eigenvalue weighted by Gasteiger charge is 2.37. The first-order valence-electron chi connectivity index (χ1n) is 9.75. The molecule has 2 N–H and O–H groups in total. The lowest BCUT2D eigenvalue weighted by atomic mass is 10.0. The van der Waals surface area contributed by atoms with Gasteiger partial charge in [-0.1, -0.05) is 31.5 Å². The number of H-pyrrole nitrogens is 1. The van der Waals surface area contributed by atoms with Crippen molar-refractivity contribution in [1.29, 1.82) is 5.26 Å². The van der Waals surface area contributed by atoms with Crippen molar-refractivity contribution in [2.24, 2.45) is 5.92 Å². The summed E-state index contributed by atoms with van der Waals surface area (Å²) in [6.45, 7) is 4.34. The molecule has 2 atom stereocenters. The molecule has 30 heavy (non-hydrogen) atoms. The number of aromatic amines is 1. The molecule has 0 unspecified atom stereocenters. The summed E-state index contributed by atoms with van der Waals surface area (Å²) in [6, 6.07) is 6.36. The molecule has 158 valence electrons. The molecule has 1 fully saturated rings. The molecular weight excluding hydrogens is 406 g/mol. The Kier molecular flexibility index (Phi) is 6.63. The number of aromatic nitrogens is 2. The monoisotopic (exact) mass is 429 g/mol. The van der Waals surface area contributed by atoms with Gasteiger partial charge in [-0.3, -0.25) is 4.79 Å². The number of nitriles is 1. The van der Waals surface area contributed by atoms with Crippen LogP contribution in [-0.2, 0) is 9.53 Å². The SMILES string of the molecule is COC(=O)N[C@H](C(=O)N1CCC[C@H]1c1ncc(-c2ccc(Cl)c(C#N)c2)[nH]1)C(C)C. The molecule has 1 aliphatic heterocycles. The van der Waals surface area contributed by atoms with Gasteiger partial charge in [0, 0.05) is 12.1 Å². The standard InChI is InChI=1S/C21H24ClN5O3/c1-12(2)18(26-21(29)30-3)20(28)27-8-4-5-17(27)19-24-11-16(25-19)13-6-7-15(22)14(9-13)10-23/h6-7,9,11-12,17-18H,4-5,8H2,1-3H3,(H,24,25)(H,26,29)/t17-,18-/m0/s1. The second-order valence-corrected chi connectivity index (χ2v) is 7.94. The summed E-state index contributed by atoms with van der Waals surface area (Å²) in [7, 11) is 1.27. The van der Waals surface area contributed by atoms with Crippen LogP contribution in [0.25, 0.3) is 11.3 Å². The quantitative estimate of drug-likeness (QED) is 0.753. The fraction of sp³-hybridized carbons (Fsp3) is 0.429. The van der Waals surface area contributed by atoms with Crippen molar-refractivity contribution >= 4 is 23.6 Å². The molecule has 0 saturated carbocycles. The minimum absolute atomic E-state index is 0.0940. The highest BCUT2D eigenvalue weighted by Crippen LogP contribution is 2.33. The number of nitrogens with one attached hydrogen (secondary N) is 2. The van der Waals surface area contributed by atoms with E-state index >= 15 is 0 Å². The van der Waals surface area contributed by atoms with Gasteiger partial charge in [0.05, 0.1) is 35.6 Å². The molecule has 8 nitrogen and oxygen atoms in total. The van der Waals surface area contributed by atoms with E-state index in [1.165, 1.54) is 7.11 Å². The van der Waals surface area contributed by atoms with Crippen molar-refractivity contribution < 1.29 is 14.3 Å². The van der Waals surface area contributed by atoms with Gasteiger partial charge >= 0.3 is 6.09 Å². The van der Waals surface area contributed by atoms with E-state index in [1.807, 2.05) is 19.9 Å². The first-order valence-corrected chi connectivity index (χ1v) is 10.1. The average molecular weight is 430 g/mol. The molecule has 0 radical (unpaired) electrons. The first kappa shape index (κ1) is 21.7. The van der Waals surface area contributed by atoms with E-state index in [0.717, 1.165) is 24.1 Å². The third-order valence-electron chi connectivity index (χ3n) is 5.24. The lowest BCUT2D eigenvalue weighted by molar-refractivity contribution is -0.135. The van der Waals surface area contributed by atoms with Gasteiger partial charge in [-0.2, -0.15) is 5.26 Å². The van der Waals surface area contributed by atoms with E-state index < -0.39 is 12.1 Å². The summed E-state index contributed by atoms with van der Waals surface area (Å²) in [5.74, 6) is 0.419. The van der Waals surface area contributed by atoms with Crippen LogP contribution < -0.4 is 5.32 Å². The molecule has 1 aromatic carbocycles. The third kappa shape index (κ3) is 4.41. The Bertz CT molecular complexity index is 981. The Labute approximate surface area is 180 Å². The zero-order valence-electron chi connectivity index (χ0n) is 17.1. The lowest BCUT2D eigenvalue weighted by Gasteiger charge is -2.30. The number of nitrogens with zero attached hydrogens (tertiary/aromatic N) is 3. The van der Waals surface area contributed by atoms with Crippen LogP contribution >= 0.6 is 11.6 Å². The van der Waals surface area contributed by atoms with Crippen molar-refractivity contribution in [3.63, 3.8) is 0 Å². The summed E-state index contributed by atoms with van der Waals surface area (Å²) in [4.78, 5) is 34.4. The molecule has 1 aliphatic rings. The topological polar surface area (TPSA) is 111 Å². The fourth-order valence-electron chi connectivity index (χ4n) is 3.62. The maximum absolute atomic E-state index is 13.2. The summed E-state index contributed by atoms with van der Waals surface area (Å²) in [5, 5.41) is 12.2. The van der Waals surface area contributed by atoms with Crippen LogP contribution in [0.5, 0.6) is 0 Å². The number of methoxy groups -OCH3 is 1. The predicted molar refractivity (Wildman–Crippen MR) is 112 cm³/mol. The molecule has 2 amide bonds. The van der Waals surface area contributed by atoms with Crippen LogP contribution in [0.3, 0.4) is 0 Å². The molecule has 0 spiro atoms. The third-order valence-corrected chi connectivity index (χ3v) is 5.57. The molecule has 1 saturated heterocycles. The number of alkyl carbamates (subject to hydrolysis) is 1. The van der Waals surface area contributed by atoms with Gasteiger partial charge in [-0.05, 0) is 30.9 Å². The van der Waals surface area contributed by atoms with Gasteiger partial charge in [-0.25, -0.2) is 9.78 Å². The Morgan fingerprint density at radius 3 is 2.87 bits per heavy atom. The zero-order chi connectivity index (χ0) is 21.8. The normalized spacial score (nSPS) is 16.9. The summed E-state index contributed by atoms with van der Waals surface area (Å²) >= 11 is 6.02. The molecule has 2 aromatic rings. The number of hydrogen-bond acceptors (Lipinski definition) is 5. The van der Waals surface area contributed by atoms with Crippen LogP contribution in [0.1, 0.15) is 44.1 Å². The van der Waals surface area contributed by atoms with E-state index in [4.69, 9.17) is 11.6 Å². The zero-order valence-corrected chi connectivity index (χ0v) is 17.9. The van der Waals surface area contributed by atoms with Crippen molar-refractivity contribution in [1.82, 2.24) is 20.2 Å². The second-order valence-electron chi connectivity index (χ2n) is 7.54. The molecular formula is C21H24ClN5O3. The minimum Gasteiger partial charge on any atom is -0.453 e. The van der Waals surface area contributed by atoms with Gasteiger partial charge in [0.2, 0.25) is 5.91 Å². The van der Waals surface area contributed by atoms with Crippen LogP contribution in [0.15, 0.2) is 24.4 Å². The van der Waals surface area contributed by atoms with Gasteiger partial charge in [0.15, 0.2) is 0 Å². The van der Waals surface area contributed by atoms with E-state index in [0.29, 0.717) is 23.0 Å². The summed E-state index contributed by atoms with van der Waals surface area (Å²) < 4.78 is 4.66. The second kappa shape index (κ2) is 9.18. The van der Waals surface area contributed by atoms with Crippen molar-refractivity contribution in [3.05, 3.63) is 40.8 Å². The van der Waals surface area contributed by atoms with Crippen LogP contribution in [0.2, 0.25) is 5.02 Å². The number of imidazole rings is 1. The molecule has 0 aliphatic carbocycles. The largest absolute Gasteiger partial charge is 0.453 e. The van der Waals surface area contributed by atoms with Crippen LogP contribution in [0, 0.1) is 17.2 Å². The van der Waals surface area contributed by atoms with Gasteiger partial charge < -0.3 is 19.9 Å². The summed E-state index contributed by atoms with van der Waals surface area (Å²) in [6.07, 6.45) is 2.67. The first-order chi connectivity index (χ1) is 14.3. The Hall–Kier alpha value is -3.05. The van der Waals surface area contributed by atoms with E-state index in [1.54, 1.807) is 23.2 Å². The van der Waals surface area contributed by atoms with Gasteiger partial charge in [-0.15, -0.1) is 0 Å². The van der Waals surface area contributed by atoms with Crippen molar-refractivity contribution in [2.45, 2.75) is 38.8 Å². The van der Waals surface area contributed by atoms with Gasteiger partial charge in [0.25, 0.3) is 0 Å². The van der Waals surface area contributed by atoms with E-state index in [-0.39, 0.29) is 17.9 Å². The Balaban J connectivity index is 1.83. The van der Waals surface area contributed by atoms with E-state index in [9.17, 15) is 14.9 Å². The molecule has 3 rings (SSSR count). The van der Waals surface area contributed by atoms with E-state index in [2.05, 4.69) is 26.1 Å². The van der Waals surface area contributed by atoms with Crippen molar-refractivity contribution in [2.75, 3.05) is 13.7 Å². The number of amides is 2. The highest BCUT2D eigenvalue weighted by atomic mass is 35.5. The highest BCUT2D eigenvalue weighted by molar-refractivity contribution is 6.31. The molecule has 1 aromatic heterocycles. The number of ether oxygens (including phenoxy) is 1. The summed E-state index contributed by atoms with van der Waals surface area (Å²) in [5.41, 5.74) is 1.92. The molecule has 0 bridgehead atoms. The number of halogens is 1.